The predicted molar refractivity (Wildman–Crippen MR) is 59.9 cm³/mol. The second kappa shape index (κ2) is 5.91. The number of anilines is 1. The number of rotatable bonds is 4. The lowest BCUT2D eigenvalue weighted by atomic mass is 10.2. The molecule has 0 aromatic heterocycles. The number of alkyl halides is 4. The van der Waals surface area contributed by atoms with Crippen molar-refractivity contribution in [2.24, 2.45) is 0 Å². The van der Waals surface area contributed by atoms with Crippen LogP contribution < -0.4 is 5.32 Å². The zero-order valence-electron chi connectivity index (χ0n) is 8.85. The van der Waals surface area contributed by atoms with Gasteiger partial charge in [-0.2, -0.15) is 13.2 Å². The Labute approximate surface area is 102 Å². The van der Waals surface area contributed by atoms with E-state index < -0.39 is 24.9 Å². The molecule has 1 rings (SSSR count). The van der Waals surface area contributed by atoms with Crippen LogP contribution in [-0.2, 0) is 10.7 Å². The first-order chi connectivity index (χ1) is 7.92. The van der Waals surface area contributed by atoms with Crippen molar-refractivity contribution in [3.05, 3.63) is 29.8 Å². The van der Waals surface area contributed by atoms with Crippen molar-refractivity contribution in [1.82, 2.24) is 0 Å². The Morgan fingerprint density at radius 3 is 2.53 bits per heavy atom. The number of amides is 1. The van der Waals surface area contributed by atoms with Gasteiger partial charge in [0.15, 0.2) is 0 Å². The molecule has 94 valence electrons. The molecule has 1 aromatic rings. The van der Waals surface area contributed by atoms with E-state index in [9.17, 15) is 18.0 Å². The van der Waals surface area contributed by atoms with Gasteiger partial charge in [0.25, 0.3) is 0 Å². The number of hydrogen-bond acceptors (Lipinski definition) is 1. The summed E-state index contributed by atoms with van der Waals surface area (Å²) in [6.07, 6.45) is -6.02. The van der Waals surface area contributed by atoms with Crippen molar-refractivity contribution in [2.75, 3.05) is 5.32 Å². The molecular weight excluding hydrogens is 255 g/mol. The van der Waals surface area contributed by atoms with Crippen molar-refractivity contribution in [3.63, 3.8) is 0 Å². The van der Waals surface area contributed by atoms with E-state index in [2.05, 4.69) is 5.32 Å². The average Bonchev–Trinajstić information content (AvgIpc) is 2.26. The van der Waals surface area contributed by atoms with Crippen molar-refractivity contribution >= 4 is 23.2 Å². The molecule has 2 nitrogen and oxygen atoms in total. The monoisotopic (exact) mass is 265 g/mol. The Kier molecular flexibility index (Phi) is 4.81. The molecule has 0 saturated heterocycles. The highest BCUT2D eigenvalue weighted by atomic mass is 35.5. The van der Waals surface area contributed by atoms with Crippen LogP contribution in [0.4, 0.5) is 18.9 Å². The van der Waals surface area contributed by atoms with Crippen LogP contribution in [-0.4, -0.2) is 12.1 Å². The van der Waals surface area contributed by atoms with Gasteiger partial charge < -0.3 is 5.32 Å². The maximum absolute atomic E-state index is 11.9. The molecule has 0 radical (unpaired) electrons. The highest BCUT2D eigenvalue weighted by Crippen LogP contribution is 2.22. The molecule has 0 fully saturated rings. The van der Waals surface area contributed by atoms with Gasteiger partial charge in [0, 0.05) is 18.0 Å². The van der Waals surface area contributed by atoms with Crippen LogP contribution in [0.1, 0.15) is 18.4 Å². The highest BCUT2D eigenvalue weighted by molar-refractivity contribution is 6.17. The Bertz CT molecular complexity index is 393. The van der Waals surface area contributed by atoms with E-state index in [4.69, 9.17) is 11.6 Å². The van der Waals surface area contributed by atoms with E-state index in [1.807, 2.05) is 0 Å². The fourth-order valence-corrected chi connectivity index (χ4v) is 1.46. The Morgan fingerprint density at radius 1 is 1.29 bits per heavy atom. The number of hydrogen-bond donors (Lipinski definition) is 1. The van der Waals surface area contributed by atoms with Gasteiger partial charge in [-0.25, -0.2) is 0 Å². The first-order valence-electron chi connectivity index (χ1n) is 4.93. The number of para-hydroxylation sites is 1. The van der Waals surface area contributed by atoms with Crippen molar-refractivity contribution in [1.29, 1.82) is 0 Å². The lowest BCUT2D eigenvalue weighted by Gasteiger charge is -2.10. The third kappa shape index (κ3) is 5.08. The molecule has 0 unspecified atom stereocenters. The standard InChI is InChI=1S/C11H11ClF3NO/c12-7-8-3-1-2-4-9(8)16-10(17)5-6-11(13,14)15/h1-4H,5-7H2,(H,16,17). The van der Waals surface area contributed by atoms with E-state index in [1.165, 1.54) is 0 Å². The molecule has 0 bridgehead atoms. The summed E-state index contributed by atoms with van der Waals surface area (Å²) in [5, 5.41) is 2.41. The van der Waals surface area contributed by atoms with Gasteiger partial charge in [0.1, 0.15) is 0 Å². The fraction of sp³-hybridized carbons (Fsp3) is 0.364. The van der Waals surface area contributed by atoms with Crippen LogP contribution in [0.2, 0.25) is 0 Å². The molecule has 1 amide bonds. The Hall–Kier alpha value is -1.23. The summed E-state index contributed by atoms with van der Waals surface area (Å²) in [6, 6.07) is 6.72. The average molecular weight is 266 g/mol. The zero-order valence-corrected chi connectivity index (χ0v) is 9.61. The van der Waals surface area contributed by atoms with Gasteiger partial charge in [-0.1, -0.05) is 18.2 Å². The van der Waals surface area contributed by atoms with Crippen molar-refractivity contribution in [3.8, 4) is 0 Å². The first-order valence-corrected chi connectivity index (χ1v) is 5.46. The summed E-state index contributed by atoms with van der Waals surface area (Å²) < 4.78 is 35.7. The summed E-state index contributed by atoms with van der Waals surface area (Å²) >= 11 is 5.63. The quantitative estimate of drug-likeness (QED) is 0.826. The minimum absolute atomic E-state index is 0.190. The number of halogens is 4. The molecule has 1 aromatic carbocycles. The molecule has 6 heteroatoms. The third-order valence-corrected chi connectivity index (χ3v) is 2.36. The van der Waals surface area contributed by atoms with E-state index in [0.717, 1.165) is 0 Å². The zero-order chi connectivity index (χ0) is 12.9. The number of nitrogens with one attached hydrogen (secondary N) is 1. The topological polar surface area (TPSA) is 29.1 Å². The molecule has 0 heterocycles. The molecule has 1 N–H and O–H groups in total. The van der Waals surface area contributed by atoms with Gasteiger partial charge in [-0.15, -0.1) is 11.6 Å². The predicted octanol–water partition coefficient (Wildman–Crippen LogP) is 3.71. The van der Waals surface area contributed by atoms with E-state index >= 15 is 0 Å². The Balaban J connectivity index is 2.56. The van der Waals surface area contributed by atoms with Gasteiger partial charge >= 0.3 is 6.18 Å². The summed E-state index contributed by atoms with van der Waals surface area (Å²) in [4.78, 5) is 11.3. The molecule has 0 saturated carbocycles. The van der Waals surface area contributed by atoms with Gasteiger partial charge in [-0.3, -0.25) is 4.79 Å². The molecule has 17 heavy (non-hydrogen) atoms. The third-order valence-electron chi connectivity index (χ3n) is 2.07. The second-order valence-corrected chi connectivity index (χ2v) is 3.72. The normalized spacial score (nSPS) is 11.3. The lowest BCUT2D eigenvalue weighted by Crippen LogP contribution is -2.17. The minimum atomic E-state index is -4.32. The largest absolute Gasteiger partial charge is 0.389 e. The summed E-state index contributed by atoms with van der Waals surface area (Å²) in [5.74, 6) is -0.477. The maximum Gasteiger partial charge on any atom is 0.389 e. The fourth-order valence-electron chi connectivity index (χ4n) is 1.23. The van der Waals surface area contributed by atoms with Crippen LogP contribution in [0.25, 0.3) is 0 Å². The summed E-state index contributed by atoms with van der Waals surface area (Å²) in [7, 11) is 0. The molecule has 0 aliphatic carbocycles. The van der Waals surface area contributed by atoms with E-state index in [0.29, 0.717) is 11.3 Å². The molecular formula is C11H11ClF3NO. The van der Waals surface area contributed by atoms with Crippen LogP contribution in [0.15, 0.2) is 24.3 Å². The molecule has 0 atom stereocenters. The SMILES string of the molecule is O=C(CCC(F)(F)F)Nc1ccccc1CCl. The van der Waals surface area contributed by atoms with Crippen LogP contribution in [0.5, 0.6) is 0 Å². The van der Waals surface area contributed by atoms with Gasteiger partial charge in [0.2, 0.25) is 5.91 Å². The maximum atomic E-state index is 11.9. The van der Waals surface area contributed by atoms with Crippen molar-refractivity contribution in [2.45, 2.75) is 24.9 Å². The summed E-state index contributed by atoms with van der Waals surface area (Å²) in [5.41, 5.74) is 1.13. The first kappa shape index (κ1) is 13.8. The van der Waals surface area contributed by atoms with E-state index in [1.54, 1.807) is 24.3 Å². The lowest BCUT2D eigenvalue weighted by molar-refractivity contribution is -0.142. The van der Waals surface area contributed by atoms with Crippen LogP contribution in [0.3, 0.4) is 0 Å². The van der Waals surface area contributed by atoms with Crippen LogP contribution >= 0.6 is 11.6 Å². The van der Waals surface area contributed by atoms with E-state index in [-0.39, 0.29) is 5.88 Å². The van der Waals surface area contributed by atoms with Gasteiger partial charge in [0.05, 0.1) is 6.42 Å². The number of carbonyl (C=O) groups excluding carboxylic acids is 1. The van der Waals surface area contributed by atoms with Crippen LogP contribution in [0, 0.1) is 0 Å². The second-order valence-electron chi connectivity index (χ2n) is 3.45. The highest BCUT2D eigenvalue weighted by Gasteiger charge is 2.27. The van der Waals surface area contributed by atoms with Gasteiger partial charge in [-0.05, 0) is 11.6 Å². The molecule has 0 spiro atoms. The number of carbonyl (C=O) groups is 1. The minimum Gasteiger partial charge on any atom is -0.326 e. The smallest absolute Gasteiger partial charge is 0.326 e. The molecule has 0 aliphatic rings. The molecule has 0 aliphatic heterocycles. The Morgan fingerprint density at radius 2 is 1.94 bits per heavy atom. The van der Waals surface area contributed by atoms with Crippen molar-refractivity contribution < 1.29 is 18.0 Å². The summed E-state index contributed by atoms with van der Waals surface area (Å²) in [6.45, 7) is 0. The number of benzene rings is 1.